The molecule has 2 N–H and O–H groups in total. The molecule has 0 aromatic heterocycles. The van der Waals surface area contributed by atoms with Gasteiger partial charge in [-0.1, -0.05) is 0 Å². The van der Waals surface area contributed by atoms with Crippen molar-refractivity contribution in [2.24, 2.45) is 5.73 Å². The molecule has 0 saturated carbocycles. The summed E-state index contributed by atoms with van der Waals surface area (Å²) in [6.45, 7) is 0.827. The predicted molar refractivity (Wildman–Crippen MR) is 60.2 cm³/mol. The zero-order valence-corrected chi connectivity index (χ0v) is 9.20. The fourth-order valence-corrected chi connectivity index (χ4v) is 4.35. The van der Waals surface area contributed by atoms with Crippen LogP contribution in [0, 0.1) is 0 Å². The molecule has 0 aromatic carbocycles. The lowest BCUT2D eigenvalue weighted by Crippen LogP contribution is -2.38. The minimum Gasteiger partial charge on any atom is -0.496 e. The summed E-state index contributed by atoms with van der Waals surface area (Å²) in [6.07, 6.45) is 3.18. The Labute approximate surface area is 87.7 Å². The maximum absolute atomic E-state index is 6.13. The van der Waals surface area contributed by atoms with E-state index in [0.717, 1.165) is 18.8 Å². The Balaban J connectivity index is 1.90. The van der Waals surface area contributed by atoms with Gasteiger partial charge in [-0.15, -0.1) is 0 Å². The van der Waals surface area contributed by atoms with Crippen LogP contribution in [0.2, 0.25) is 0 Å². The molecule has 0 aliphatic carbocycles. The molecule has 2 nitrogen and oxygen atoms in total. The van der Waals surface area contributed by atoms with E-state index in [4.69, 9.17) is 10.5 Å². The van der Waals surface area contributed by atoms with Crippen LogP contribution < -0.4 is 5.73 Å². The average molecular weight is 217 g/mol. The molecule has 2 rings (SSSR count). The molecule has 0 amide bonds. The first-order valence-corrected chi connectivity index (χ1v) is 6.86. The molecule has 0 radical (unpaired) electrons. The molecule has 2 unspecified atom stereocenters. The van der Waals surface area contributed by atoms with E-state index in [-0.39, 0.29) is 6.04 Å². The first-order valence-electron chi connectivity index (χ1n) is 4.66. The first-order chi connectivity index (χ1) is 6.38. The van der Waals surface area contributed by atoms with Crippen LogP contribution in [0.15, 0.2) is 11.8 Å². The van der Waals surface area contributed by atoms with Crippen LogP contribution in [-0.2, 0) is 4.74 Å². The molecule has 2 aliphatic heterocycles. The van der Waals surface area contributed by atoms with Gasteiger partial charge >= 0.3 is 0 Å². The maximum Gasteiger partial charge on any atom is 0.110 e. The third-order valence-electron chi connectivity index (χ3n) is 2.30. The van der Waals surface area contributed by atoms with Crippen LogP contribution >= 0.6 is 23.5 Å². The van der Waals surface area contributed by atoms with Crippen molar-refractivity contribution in [1.82, 2.24) is 0 Å². The zero-order chi connectivity index (χ0) is 9.10. The van der Waals surface area contributed by atoms with Crippen molar-refractivity contribution in [2.45, 2.75) is 17.7 Å². The summed E-state index contributed by atoms with van der Waals surface area (Å²) < 4.78 is 5.48. The highest BCUT2D eigenvalue weighted by Crippen LogP contribution is 2.29. The standard InChI is InChI=1S/C9H15NOS2/c10-9(7-2-1-3-11-7)8-6-12-4-5-13-8/h2,8-9H,1,3-6,10H2. The predicted octanol–water partition coefficient (Wildman–Crippen LogP) is 1.47. The topological polar surface area (TPSA) is 35.2 Å². The van der Waals surface area contributed by atoms with Gasteiger partial charge in [0.15, 0.2) is 0 Å². The van der Waals surface area contributed by atoms with Crippen LogP contribution in [0.3, 0.4) is 0 Å². The summed E-state index contributed by atoms with van der Waals surface area (Å²) in [5.74, 6) is 4.70. The SMILES string of the molecule is NC(C1=CCCO1)C1CSCCS1. The van der Waals surface area contributed by atoms with Crippen LogP contribution in [-0.4, -0.2) is 35.2 Å². The summed E-state index contributed by atoms with van der Waals surface area (Å²) >= 11 is 4.00. The van der Waals surface area contributed by atoms with E-state index in [9.17, 15) is 0 Å². The summed E-state index contributed by atoms with van der Waals surface area (Å²) in [7, 11) is 0. The molecular weight excluding hydrogens is 202 g/mol. The highest BCUT2D eigenvalue weighted by molar-refractivity contribution is 8.06. The molecule has 1 fully saturated rings. The van der Waals surface area contributed by atoms with Gasteiger partial charge in [-0.2, -0.15) is 23.5 Å². The lowest BCUT2D eigenvalue weighted by atomic mass is 10.2. The minimum absolute atomic E-state index is 0.125. The van der Waals surface area contributed by atoms with Crippen LogP contribution in [0.1, 0.15) is 6.42 Å². The summed E-state index contributed by atoms with van der Waals surface area (Å²) in [5, 5.41) is 0.558. The average Bonchev–Trinajstić information content (AvgIpc) is 2.71. The molecule has 2 heterocycles. The fourth-order valence-electron chi connectivity index (χ4n) is 1.57. The smallest absolute Gasteiger partial charge is 0.110 e. The second kappa shape index (κ2) is 4.62. The summed E-state index contributed by atoms with van der Waals surface area (Å²) in [5.41, 5.74) is 6.13. The lowest BCUT2D eigenvalue weighted by molar-refractivity contribution is 0.225. The van der Waals surface area contributed by atoms with Crippen LogP contribution in [0.4, 0.5) is 0 Å². The van der Waals surface area contributed by atoms with Gasteiger partial charge in [0.2, 0.25) is 0 Å². The minimum atomic E-state index is 0.125. The summed E-state index contributed by atoms with van der Waals surface area (Å²) in [4.78, 5) is 0. The molecule has 74 valence electrons. The van der Waals surface area contributed by atoms with Gasteiger partial charge in [0.1, 0.15) is 5.76 Å². The van der Waals surface area contributed by atoms with Crippen molar-refractivity contribution in [1.29, 1.82) is 0 Å². The molecule has 2 atom stereocenters. The number of ether oxygens (including phenoxy) is 1. The van der Waals surface area contributed by atoms with E-state index >= 15 is 0 Å². The molecule has 0 bridgehead atoms. The second-order valence-corrected chi connectivity index (χ2v) is 5.75. The van der Waals surface area contributed by atoms with Crippen molar-refractivity contribution < 1.29 is 4.74 Å². The van der Waals surface area contributed by atoms with Crippen molar-refractivity contribution in [3.63, 3.8) is 0 Å². The van der Waals surface area contributed by atoms with Gasteiger partial charge in [0.25, 0.3) is 0 Å². The Kier molecular flexibility index (Phi) is 3.46. The normalized spacial score (nSPS) is 30.8. The van der Waals surface area contributed by atoms with Gasteiger partial charge in [-0.3, -0.25) is 0 Å². The van der Waals surface area contributed by atoms with Crippen molar-refractivity contribution in [3.8, 4) is 0 Å². The Bertz CT molecular complexity index is 202. The number of nitrogens with two attached hydrogens (primary N) is 1. The first kappa shape index (κ1) is 9.74. The van der Waals surface area contributed by atoms with Gasteiger partial charge in [0, 0.05) is 28.9 Å². The third-order valence-corrected chi connectivity index (χ3v) is 5.19. The number of hydrogen-bond donors (Lipinski definition) is 1. The monoisotopic (exact) mass is 217 g/mol. The van der Waals surface area contributed by atoms with Gasteiger partial charge < -0.3 is 10.5 Å². The molecule has 4 heteroatoms. The summed E-state index contributed by atoms with van der Waals surface area (Å²) in [6, 6.07) is 0.125. The van der Waals surface area contributed by atoms with E-state index < -0.39 is 0 Å². The van der Waals surface area contributed by atoms with Gasteiger partial charge in [-0.05, 0) is 6.08 Å². The lowest BCUT2D eigenvalue weighted by Gasteiger charge is -2.26. The van der Waals surface area contributed by atoms with E-state index in [1.54, 1.807) is 0 Å². The highest BCUT2D eigenvalue weighted by atomic mass is 32.2. The Hall–Kier alpha value is 0.200. The van der Waals surface area contributed by atoms with E-state index in [1.165, 1.54) is 17.3 Å². The van der Waals surface area contributed by atoms with Crippen LogP contribution in [0.5, 0.6) is 0 Å². The Morgan fingerprint density at radius 3 is 3.08 bits per heavy atom. The molecular formula is C9H15NOS2. The van der Waals surface area contributed by atoms with Crippen molar-refractivity contribution in [2.75, 3.05) is 23.9 Å². The Morgan fingerprint density at radius 2 is 2.46 bits per heavy atom. The number of hydrogen-bond acceptors (Lipinski definition) is 4. The van der Waals surface area contributed by atoms with Gasteiger partial charge in [-0.25, -0.2) is 0 Å². The molecule has 2 aliphatic rings. The van der Waals surface area contributed by atoms with Crippen molar-refractivity contribution >= 4 is 23.5 Å². The second-order valence-electron chi connectivity index (χ2n) is 3.25. The maximum atomic E-state index is 6.13. The largest absolute Gasteiger partial charge is 0.496 e. The van der Waals surface area contributed by atoms with E-state index in [0.29, 0.717) is 5.25 Å². The fraction of sp³-hybridized carbons (Fsp3) is 0.778. The van der Waals surface area contributed by atoms with E-state index in [2.05, 4.69) is 6.08 Å². The van der Waals surface area contributed by atoms with Gasteiger partial charge in [0.05, 0.1) is 12.6 Å². The highest BCUT2D eigenvalue weighted by Gasteiger charge is 2.26. The quantitative estimate of drug-likeness (QED) is 0.759. The molecule has 13 heavy (non-hydrogen) atoms. The number of rotatable bonds is 2. The number of thioether (sulfide) groups is 2. The zero-order valence-electron chi connectivity index (χ0n) is 7.57. The molecule has 0 aromatic rings. The Morgan fingerprint density at radius 1 is 1.54 bits per heavy atom. The third kappa shape index (κ3) is 2.36. The van der Waals surface area contributed by atoms with E-state index in [1.807, 2.05) is 23.5 Å². The molecule has 1 saturated heterocycles. The van der Waals surface area contributed by atoms with Crippen molar-refractivity contribution in [3.05, 3.63) is 11.8 Å². The van der Waals surface area contributed by atoms with Crippen LogP contribution in [0.25, 0.3) is 0 Å². The molecule has 0 spiro atoms.